The maximum absolute atomic E-state index is 7.38. The molecule has 0 amide bonds. The minimum atomic E-state index is 0.631. The van der Waals surface area contributed by atoms with Crippen LogP contribution < -0.4 is 5.84 Å². The smallest absolute Gasteiger partial charge is 0.0466 e. The van der Waals surface area contributed by atoms with Crippen LogP contribution in [0.25, 0.3) is 0 Å². The number of nitrogens with two attached hydrogens (primary N) is 1. The van der Waals surface area contributed by atoms with Crippen molar-refractivity contribution in [2.24, 2.45) is 10.9 Å². The third-order valence-electron chi connectivity index (χ3n) is 1.27. The highest BCUT2D eigenvalue weighted by Crippen LogP contribution is 1.95. The van der Waals surface area contributed by atoms with Crippen LogP contribution in [0, 0.1) is 5.41 Å². The van der Waals surface area contributed by atoms with Crippen molar-refractivity contribution in [1.29, 1.82) is 5.41 Å². The van der Waals surface area contributed by atoms with Gasteiger partial charge >= 0.3 is 0 Å². The highest BCUT2D eigenvalue weighted by Gasteiger charge is 1.88. The first-order valence-electron chi connectivity index (χ1n) is 3.78. The fourth-order valence-electron chi connectivity index (χ4n) is 0.659. The van der Waals surface area contributed by atoms with Gasteiger partial charge in [-0.25, -0.2) is 0 Å². The van der Waals surface area contributed by atoms with Crippen LogP contribution in [0.5, 0.6) is 0 Å². The van der Waals surface area contributed by atoms with E-state index in [1.54, 1.807) is 12.2 Å². The standard InChI is InChI=1S/C8H15N3/c1-2-3-5-8(9)6-4-7-11-10/h4,6-7,9H,2-3,5,10H2,1H3/b6-4-,9-8?,11-7-. The lowest BCUT2D eigenvalue weighted by atomic mass is 10.2. The van der Waals surface area contributed by atoms with E-state index < -0.39 is 0 Å². The maximum atomic E-state index is 7.38. The normalized spacial score (nSPS) is 11.4. The van der Waals surface area contributed by atoms with Crippen LogP contribution in [0.2, 0.25) is 0 Å². The molecule has 0 aromatic heterocycles. The van der Waals surface area contributed by atoms with Gasteiger partial charge in [-0.15, -0.1) is 0 Å². The first kappa shape index (κ1) is 9.88. The van der Waals surface area contributed by atoms with Crippen LogP contribution >= 0.6 is 0 Å². The summed E-state index contributed by atoms with van der Waals surface area (Å²) >= 11 is 0. The van der Waals surface area contributed by atoms with E-state index >= 15 is 0 Å². The molecule has 0 radical (unpaired) electrons. The Labute approximate surface area is 67.5 Å². The summed E-state index contributed by atoms with van der Waals surface area (Å²) < 4.78 is 0. The van der Waals surface area contributed by atoms with E-state index in [9.17, 15) is 0 Å². The molecule has 0 aliphatic carbocycles. The van der Waals surface area contributed by atoms with E-state index in [0.29, 0.717) is 5.71 Å². The zero-order chi connectivity index (χ0) is 8.53. The van der Waals surface area contributed by atoms with Crippen molar-refractivity contribution in [1.82, 2.24) is 0 Å². The molecule has 3 nitrogen and oxygen atoms in total. The van der Waals surface area contributed by atoms with Crippen LogP contribution in [-0.2, 0) is 0 Å². The van der Waals surface area contributed by atoms with Crippen molar-refractivity contribution in [3.05, 3.63) is 12.2 Å². The Balaban J connectivity index is 3.51. The highest BCUT2D eigenvalue weighted by molar-refractivity contribution is 5.95. The van der Waals surface area contributed by atoms with Crippen molar-refractivity contribution in [3.8, 4) is 0 Å². The lowest BCUT2D eigenvalue weighted by Gasteiger charge is -1.92. The summed E-state index contributed by atoms with van der Waals surface area (Å²) in [6, 6.07) is 0. The maximum Gasteiger partial charge on any atom is 0.0466 e. The van der Waals surface area contributed by atoms with Gasteiger partial charge in [0.1, 0.15) is 0 Å². The third kappa shape index (κ3) is 6.77. The Bertz CT molecular complexity index is 159. The molecule has 0 rings (SSSR count). The Morgan fingerprint density at radius 3 is 2.91 bits per heavy atom. The van der Waals surface area contributed by atoms with Gasteiger partial charge in [-0.2, -0.15) is 5.10 Å². The van der Waals surface area contributed by atoms with E-state index in [0.717, 1.165) is 19.3 Å². The fourth-order valence-corrected chi connectivity index (χ4v) is 0.659. The molecule has 0 spiro atoms. The predicted molar refractivity (Wildman–Crippen MR) is 49.1 cm³/mol. The molecule has 0 unspecified atom stereocenters. The van der Waals surface area contributed by atoms with E-state index in [1.165, 1.54) is 6.21 Å². The molecule has 0 atom stereocenters. The average Bonchev–Trinajstić information content (AvgIpc) is 2.01. The van der Waals surface area contributed by atoms with Crippen molar-refractivity contribution in [3.63, 3.8) is 0 Å². The van der Waals surface area contributed by atoms with Crippen molar-refractivity contribution in [2.45, 2.75) is 26.2 Å². The van der Waals surface area contributed by atoms with E-state index in [1.807, 2.05) is 0 Å². The SMILES string of the molecule is CCCCC(=N)/C=C\C=N/N. The van der Waals surface area contributed by atoms with Gasteiger partial charge in [0.2, 0.25) is 0 Å². The molecule has 62 valence electrons. The Morgan fingerprint density at radius 2 is 2.36 bits per heavy atom. The van der Waals surface area contributed by atoms with Crippen LogP contribution in [0.15, 0.2) is 17.3 Å². The molecule has 0 aliphatic rings. The number of allylic oxidation sites excluding steroid dienone is 2. The monoisotopic (exact) mass is 153 g/mol. The molecule has 0 bridgehead atoms. The lowest BCUT2D eigenvalue weighted by Crippen LogP contribution is -1.90. The topological polar surface area (TPSA) is 62.2 Å². The van der Waals surface area contributed by atoms with Gasteiger partial charge in [-0.1, -0.05) is 13.3 Å². The minimum absolute atomic E-state index is 0.631. The number of hydrogen-bond acceptors (Lipinski definition) is 3. The van der Waals surface area contributed by atoms with Crippen LogP contribution in [0.1, 0.15) is 26.2 Å². The fraction of sp³-hybridized carbons (Fsp3) is 0.500. The molecule has 0 fully saturated rings. The predicted octanol–water partition coefficient (Wildman–Crippen LogP) is 1.70. The zero-order valence-electron chi connectivity index (χ0n) is 6.88. The molecule has 11 heavy (non-hydrogen) atoms. The second kappa shape index (κ2) is 6.99. The molecular formula is C8H15N3. The molecule has 0 heterocycles. The lowest BCUT2D eigenvalue weighted by molar-refractivity contribution is 0.834. The summed E-state index contributed by atoms with van der Waals surface area (Å²) in [5.41, 5.74) is 0.631. The Hall–Kier alpha value is -1.12. The molecule has 3 N–H and O–H groups in total. The molecule has 0 aromatic carbocycles. The second-order valence-corrected chi connectivity index (χ2v) is 2.29. The minimum Gasteiger partial charge on any atom is -0.323 e. The number of rotatable bonds is 5. The van der Waals surface area contributed by atoms with Crippen LogP contribution in [0.4, 0.5) is 0 Å². The summed E-state index contributed by atoms with van der Waals surface area (Å²) in [7, 11) is 0. The number of unbranched alkanes of at least 4 members (excludes halogenated alkanes) is 1. The van der Waals surface area contributed by atoms with Gasteiger partial charge in [0.25, 0.3) is 0 Å². The van der Waals surface area contributed by atoms with Crippen molar-refractivity contribution >= 4 is 11.9 Å². The van der Waals surface area contributed by atoms with Gasteiger partial charge in [0.15, 0.2) is 0 Å². The first-order valence-corrected chi connectivity index (χ1v) is 3.78. The Kier molecular flexibility index (Phi) is 6.28. The molecular weight excluding hydrogens is 138 g/mol. The molecule has 0 saturated carbocycles. The zero-order valence-corrected chi connectivity index (χ0v) is 6.88. The summed E-state index contributed by atoms with van der Waals surface area (Å²) in [6.07, 6.45) is 7.90. The molecule has 0 aliphatic heterocycles. The number of hydrogen-bond donors (Lipinski definition) is 2. The van der Waals surface area contributed by atoms with Crippen molar-refractivity contribution < 1.29 is 0 Å². The highest BCUT2D eigenvalue weighted by atomic mass is 15.1. The van der Waals surface area contributed by atoms with Crippen LogP contribution in [0.3, 0.4) is 0 Å². The largest absolute Gasteiger partial charge is 0.323 e. The quantitative estimate of drug-likeness (QED) is 0.352. The number of nitrogens with zero attached hydrogens (tertiary/aromatic N) is 1. The molecule has 0 saturated heterocycles. The van der Waals surface area contributed by atoms with Gasteiger partial charge in [0, 0.05) is 11.9 Å². The Morgan fingerprint density at radius 1 is 1.64 bits per heavy atom. The summed E-state index contributed by atoms with van der Waals surface area (Å²) in [4.78, 5) is 0. The van der Waals surface area contributed by atoms with E-state index in [-0.39, 0.29) is 0 Å². The molecule has 3 heteroatoms. The van der Waals surface area contributed by atoms with E-state index in [4.69, 9.17) is 11.3 Å². The summed E-state index contributed by atoms with van der Waals surface area (Å²) in [5, 5.41) is 10.7. The second-order valence-electron chi connectivity index (χ2n) is 2.29. The van der Waals surface area contributed by atoms with E-state index in [2.05, 4.69) is 12.0 Å². The number of hydrazone groups is 1. The molecule has 0 aromatic rings. The van der Waals surface area contributed by atoms with Gasteiger partial charge in [-0.05, 0) is 25.0 Å². The third-order valence-corrected chi connectivity index (χ3v) is 1.27. The van der Waals surface area contributed by atoms with Crippen LogP contribution in [-0.4, -0.2) is 11.9 Å². The average molecular weight is 153 g/mol. The van der Waals surface area contributed by atoms with Gasteiger partial charge < -0.3 is 11.3 Å². The van der Waals surface area contributed by atoms with Crippen molar-refractivity contribution in [2.75, 3.05) is 0 Å². The van der Waals surface area contributed by atoms with Gasteiger partial charge in [0.05, 0.1) is 0 Å². The van der Waals surface area contributed by atoms with Gasteiger partial charge in [-0.3, -0.25) is 0 Å². The summed E-state index contributed by atoms with van der Waals surface area (Å²) in [6.45, 7) is 2.11. The number of nitrogens with one attached hydrogen (secondary N) is 1. The summed E-state index contributed by atoms with van der Waals surface area (Å²) in [5.74, 6) is 4.86. The first-order chi connectivity index (χ1) is 5.31.